The first-order chi connectivity index (χ1) is 11.6. The number of carbonyl (C=O) groups excluding carboxylic acids is 1. The number of hydrogen-bond donors (Lipinski definition) is 1. The predicted molar refractivity (Wildman–Crippen MR) is 94.8 cm³/mol. The van der Waals surface area contributed by atoms with Crippen LogP contribution in [0.3, 0.4) is 0 Å². The lowest BCUT2D eigenvalue weighted by Crippen LogP contribution is -2.39. The van der Waals surface area contributed by atoms with Crippen LogP contribution in [0.4, 0.5) is 0 Å². The van der Waals surface area contributed by atoms with Crippen molar-refractivity contribution in [2.24, 2.45) is 0 Å². The number of likely N-dealkylation sites (tertiary alicyclic amines) is 1. The number of aliphatic hydroxyl groups excluding tert-OH is 1. The third kappa shape index (κ3) is 2.61. The average Bonchev–Trinajstić information content (AvgIpc) is 3.17. The van der Waals surface area contributed by atoms with Crippen molar-refractivity contribution >= 4 is 27.5 Å². The lowest BCUT2D eigenvalue weighted by molar-refractivity contribution is 0.0551. The van der Waals surface area contributed by atoms with Gasteiger partial charge in [0.05, 0.1) is 22.4 Å². The minimum Gasteiger partial charge on any atom is -0.393 e. The number of carbonyl (C=O) groups is 1. The summed E-state index contributed by atoms with van der Waals surface area (Å²) in [5.74, 6) is 0.0575. The number of amides is 1. The fourth-order valence-corrected chi connectivity index (χ4v) is 4.27. The second-order valence-electron chi connectivity index (χ2n) is 6.19. The number of rotatable bonds is 2. The van der Waals surface area contributed by atoms with Crippen LogP contribution in [0.1, 0.15) is 28.2 Å². The Balaban J connectivity index is 1.70. The third-order valence-corrected chi connectivity index (χ3v) is 5.61. The van der Waals surface area contributed by atoms with Gasteiger partial charge < -0.3 is 10.0 Å². The van der Waals surface area contributed by atoms with Gasteiger partial charge in [0, 0.05) is 18.5 Å². The summed E-state index contributed by atoms with van der Waals surface area (Å²) >= 11 is 1.49. The Kier molecular flexibility index (Phi) is 3.86. The molecule has 0 unspecified atom stereocenters. The maximum Gasteiger partial charge on any atom is 0.264 e. The molecule has 124 valence electrons. The molecular formula is C18H19N3O2S. The average molecular weight is 341 g/mol. The van der Waals surface area contributed by atoms with Crippen LogP contribution < -0.4 is 0 Å². The van der Waals surface area contributed by atoms with Gasteiger partial charge in [-0.15, -0.1) is 11.3 Å². The Morgan fingerprint density at radius 3 is 2.67 bits per heavy atom. The normalized spacial score (nSPS) is 16.0. The molecule has 1 aliphatic heterocycles. The summed E-state index contributed by atoms with van der Waals surface area (Å²) in [6, 6.07) is 11.9. The number of thiophene rings is 1. The number of hydrogen-bond acceptors (Lipinski definition) is 4. The molecule has 1 aliphatic rings. The fourth-order valence-electron chi connectivity index (χ4n) is 3.12. The van der Waals surface area contributed by atoms with E-state index >= 15 is 0 Å². The van der Waals surface area contributed by atoms with Crippen LogP contribution in [-0.2, 0) is 0 Å². The first-order valence-corrected chi connectivity index (χ1v) is 8.97. The predicted octanol–water partition coefficient (Wildman–Crippen LogP) is 2.99. The quantitative estimate of drug-likeness (QED) is 0.779. The first-order valence-electron chi connectivity index (χ1n) is 8.15. The zero-order chi connectivity index (χ0) is 16.7. The number of benzene rings is 1. The fraction of sp³-hybridized carbons (Fsp3) is 0.333. The molecule has 0 aliphatic carbocycles. The summed E-state index contributed by atoms with van der Waals surface area (Å²) in [6.07, 6.45) is 1.05. The van der Waals surface area contributed by atoms with E-state index in [0.717, 1.165) is 26.5 Å². The maximum atomic E-state index is 12.8. The highest BCUT2D eigenvalue weighted by Gasteiger charge is 2.25. The second-order valence-corrected chi connectivity index (χ2v) is 7.22. The molecule has 0 spiro atoms. The van der Waals surface area contributed by atoms with Crippen LogP contribution in [-0.4, -0.2) is 44.9 Å². The smallest absolute Gasteiger partial charge is 0.264 e. The summed E-state index contributed by atoms with van der Waals surface area (Å²) in [7, 11) is 0. The van der Waals surface area contributed by atoms with E-state index < -0.39 is 0 Å². The van der Waals surface area contributed by atoms with E-state index in [-0.39, 0.29) is 12.0 Å². The first kappa shape index (κ1) is 15.4. The van der Waals surface area contributed by atoms with Crippen LogP contribution in [0.25, 0.3) is 15.9 Å². The van der Waals surface area contributed by atoms with Gasteiger partial charge in [0.1, 0.15) is 4.83 Å². The molecule has 0 saturated carbocycles. The molecule has 1 saturated heterocycles. The number of aryl methyl sites for hydroxylation is 1. The molecular weight excluding hydrogens is 322 g/mol. The molecule has 1 aromatic carbocycles. The molecule has 0 atom stereocenters. The van der Waals surface area contributed by atoms with Crippen LogP contribution in [0.2, 0.25) is 0 Å². The van der Waals surface area contributed by atoms with Gasteiger partial charge in [-0.25, -0.2) is 4.68 Å². The number of nitrogens with zero attached hydrogens (tertiary/aromatic N) is 3. The Labute approximate surface area is 144 Å². The van der Waals surface area contributed by atoms with Crippen molar-refractivity contribution < 1.29 is 9.90 Å². The van der Waals surface area contributed by atoms with Crippen LogP contribution in [0, 0.1) is 6.92 Å². The van der Waals surface area contributed by atoms with Gasteiger partial charge in [-0.3, -0.25) is 4.79 Å². The van der Waals surface area contributed by atoms with Gasteiger partial charge in [0.2, 0.25) is 0 Å². The lowest BCUT2D eigenvalue weighted by atomic mass is 10.1. The second kappa shape index (κ2) is 6.03. The van der Waals surface area contributed by atoms with Crippen LogP contribution in [0.15, 0.2) is 36.4 Å². The van der Waals surface area contributed by atoms with Crippen LogP contribution in [0.5, 0.6) is 0 Å². The maximum absolute atomic E-state index is 12.8. The molecule has 5 nitrogen and oxygen atoms in total. The molecule has 24 heavy (non-hydrogen) atoms. The third-order valence-electron chi connectivity index (χ3n) is 4.51. The Morgan fingerprint density at radius 2 is 1.96 bits per heavy atom. The molecule has 0 bridgehead atoms. The Bertz CT molecular complexity index is 876. The van der Waals surface area contributed by atoms with Gasteiger partial charge in [-0.05, 0) is 38.0 Å². The highest BCUT2D eigenvalue weighted by atomic mass is 32.1. The van der Waals surface area contributed by atoms with Crippen molar-refractivity contribution in [3.8, 4) is 5.69 Å². The highest BCUT2D eigenvalue weighted by Crippen LogP contribution is 2.31. The number of piperidine rings is 1. The summed E-state index contributed by atoms with van der Waals surface area (Å²) in [5.41, 5.74) is 1.93. The zero-order valence-corrected chi connectivity index (χ0v) is 14.3. The largest absolute Gasteiger partial charge is 0.393 e. The Hall–Kier alpha value is -2.18. The summed E-state index contributed by atoms with van der Waals surface area (Å²) < 4.78 is 1.91. The number of aromatic nitrogens is 2. The highest BCUT2D eigenvalue weighted by molar-refractivity contribution is 7.20. The summed E-state index contributed by atoms with van der Waals surface area (Å²) in [5, 5.41) is 15.3. The van der Waals surface area contributed by atoms with E-state index in [9.17, 15) is 9.90 Å². The van der Waals surface area contributed by atoms with E-state index in [1.165, 1.54) is 11.3 Å². The van der Waals surface area contributed by atoms with Crippen molar-refractivity contribution in [1.29, 1.82) is 0 Å². The molecule has 1 N–H and O–H groups in total. The molecule has 6 heteroatoms. The van der Waals surface area contributed by atoms with Gasteiger partial charge in [0.15, 0.2) is 0 Å². The zero-order valence-electron chi connectivity index (χ0n) is 13.5. The van der Waals surface area contributed by atoms with Gasteiger partial charge in [-0.2, -0.15) is 5.10 Å². The standard InChI is InChI=1S/C18H19N3O2S/c1-12-15-11-16(17(23)20-9-7-14(22)8-10-20)24-18(15)21(19-12)13-5-3-2-4-6-13/h2-6,11,14,22H,7-10H2,1H3. The molecule has 3 heterocycles. The number of aliphatic hydroxyl groups is 1. The molecule has 4 rings (SSSR count). The van der Waals surface area contributed by atoms with Gasteiger partial charge in [-0.1, -0.05) is 18.2 Å². The van der Waals surface area contributed by atoms with E-state index in [1.807, 2.05) is 52.9 Å². The number of fused-ring (bicyclic) bond motifs is 1. The molecule has 0 radical (unpaired) electrons. The number of para-hydroxylation sites is 1. The monoisotopic (exact) mass is 341 g/mol. The van der Waals surface area contributed by atoms with Crippen molar-refractivity contribution in [2.45, 2.75) is 25.9 Å². The lowest BCUT2D eigenvalue weighted by Gasteiger charge is -2.29. The van der Waals surface area contributed by atoms with Gasteiger partial charge >= 0.3 is 0 Å². The summed E-state index contributed by atoms with van der Waals surface area (Å²) in [4.78, 5) is 16.3. The van der Waals surface area contributed by atoms with Crippen molar-refractivity contribution in [3.05, 3.63) is 47.0 Å². The summed E-state index contributed by atoms with van der Waals surface area (Å²) in [6.45, 7) is 3.22. The molecule has 3 aromatic rings. The van der Waals surface area contributed by atoms with E-state index in [1.54, 1.807) is 0 Å². The van der Waals surface area contributed by atoms with Crippen molar-refractivity contribution in [1.82, 2.24) is 14.7 Å². The van der Waals surface area contributed by atoms with Crippen molar-refractivity contribution in [3.63, 3.8) is 0 Å². The molecule has 2 aromatic heterocycles. The van der Waals surface area contributed by atoms with Gasteiger partial charge in [0.25, 0.3) is 5.91 Å². The van der Waals surface area contributed by atoms with Crippen molar-refractivity contribution in [2.75, 3.05) is 13.1 Å². The molecule has 1 amide bonds. The minimum atomic E-state index is -0.273. The van der Waals surface area contributed by atoms with E-state index in [0.29, 0.717) is 25.9 Å². The van der Waals surface area contributed by atoms with E-state index in [4.69, 9.17) is 0 Å². The van der Waals surface area contributed by atoms with E-state index in [2.05, 4.69) is 5.10 Å². The topological polar surface area (TPSA) is 58.4 Å². The molecule has 1 fully saturated rings. The Morgan fingerprint density at radius 1 is 1.25 bits per heavy atom. The van der Waals surface area contributed by atoms with Crippen LogP contribution >= 0.6 is 11.3 Å². The SMILES string of the molecule is Cc1nn(-c2ccccc2)c2sc(C(=O)N3CCC(O)CC3)cc12. The minimum absolute atomic E-state index is 0.0575.